The van der Waals surface area contributed by atoms with Crippen LogP contribution >= 0.6 is 11.3 Å². The minimum Gasteiger partial charge on any atom is -0.237 e. The van der Waals surface area contributed by atoms with E-state index < -0.39 is 9.84 Å². The number of rotatable bonds is 5. The maximum absolute atomic E-state index is 11.3. The second-order valence-corrected chi connectivity index (χ2v) is 5.63. The van der Waals surface area contributed by atoms with Gasteiger partial charge in [-0.05, 0) is 18.4 Å². The van der Waals surface area contributed by atoms with Crippen molar-refractivity contribution in [2.75, 3.05) is 12.9 Å². The van der Waals surface area contributed by atoms with Crippen LogP contribution < -0.4 is 0 Å². The largest absolute Gasteiger partial charge is 0.237 e. The van der Waals surface area contributed by atoms with E-state index in [2.05, 4.69) is 4.89 Å². The first kappa shape index (κ1) is 11.6. The monoisotopic (exact) mass is 236 g/mol. The molecule has 80 valence electrons. The molecule has 1 aromatic heterocycles. The summed E-state index contributed by atoms with van der Waals surface area (Å²) in [5.41, 5.74) is 0. The van der Waals surface area contributed by atoms with Gasteiger partial charge in [-0.15, -0.1) is 11.3 Å². The predicted molar refractivity (Wildman–Crippen MR) is 53.8 cm³/mol. The Bertz CT molecular complexity index is 380. The second-order valence-electron chi connectivity index (χ2n) is 2.65. The van der Waals surface area contributed by atoms with Crippen molar-refractivity contribution in [3.63, 3.8) is 0 Å². The molecule has 0 unspecified atom stereocenters. The molecule has 1 heterocycles. The van der Waals surface area contributed by atoms with Gasteiger partial charge in [0.2, 0.25) is 0 Å². The summed E-state index contributed by atoms with van der Waals surface area (Å²) in [5.74, 6) is 0. The average molecular weight is 236 g/mol. The summed E-state index contributed by atoms with van der Waals surface area (Å²) in [5, 5.41) is 1.72. The molecule has 0 aromatic carbocycles. The van der Waals surface area contributed by atoms with Gasteiger partial charge >= 0.3 is 0 Å². The van der Waals surface area contributed by atoms with Gasteiger partial charge in [0.25, 0.3) is 0 Å². The van der Waals surface area contributed by atoms with E-state index in [1.807, 2.05) is 0 Å². The first-order valence-electron chi connectivity index (χ1n) is 4.06. The van der Waals surface area contributed by atoms with Gasteiger partial charge in [0.15, 0.2) is 9.84 Å². The van der Waals surface area contributed by atoms with Crippen LogP contribution in [0.4, 0.5) is 0 Å². The molecule has 0 radical (unpaired) electrons. The third-order valence-electron chi connectivity index (χ3n) is 1.50. The predicted octanol–water partition coefficient (Wildman–Crippen LogP) is 1.62. The van der Waals surface area contributed by atoms with Crippen LogP contribution in [0.15, 0.2) is 16.3 Å². The van der Waals surface area contributed by atoms with Crippen LogP contribution in [0.1, 0.15) is 11.8 Å². The summed E-state index contributed by atoms with van der Waals surface area (Å²) in [6.45, 7) is 2.42. The van der Waals surface area contributed by atoms with E-state index in [1.54, 1.807) is 18.4 Å². The fourth-order valence-corrected chi connectivity index (χ4v) is 3.08. The number of thiophene rings is 1. The van der Waals surface area contributed by atoms with Gasteiger partial charge in [0.1, 0.15) is 6.61 Å². The molecule has 0 saturated heterocycles. The molecule has 6 heteroatoms. The highest BCUT2D eigenvalue weighted by atomic mass is 32.2. The van der Waals surface area contributed by atoms with Crippen LogP contribution in [-0.4, -0.2) is 21.3 Å². The average Bonchev–Trinajstić information content (AvgIpc) is 2.52. The normalized spacial score (nSPS) is 11.9. The molecule has 0 saturated carbocycles. The lowest BCUT2D eigenvalue weighted by molar-refractivity contribution is -0.300. The zero-order chi connectivity index (χ0) is 10.6. The lowest BCUT2D eigenvalue weighted by Crippen LogP contribution is -2.01. The van der Waals surface area contributed by atoms with Crippen molar-refractivity contribution in [1.82, 2.24) is 0 Å². The number of hydrogen-bond acceptors (Lipinski definition) is 5. The van der Waals surface area contributed by atoms with E-state index in [1.165, 1.54) is 17.6 Å². The Hall–Kier alpha value is -0.430. The molecule has 0 spiro atoms. The van der Waals surface area contributed by atoms with E-state index in [0.717, 1.165) is 0 Å². The molecule has 14 heavy (non-hydrogen) atoms. The zero-order valence-corrected chi connectivity index (χ0v) is 9.65. The van der Waals surface area contributed by atoms with Crippen molar-refractivity contribution in [2.45, 2.75) is 18.4 Å². The Labute approximate surface area is 87.3 Å². The van der Waals surface area contributed by atoms with Gasteiger partial charge < -0.3 is 0 Å². The summed E-state index contributed by atoms with van der Waals surface area (Å²) in [6.07, 6.45) is 1.18. The Kier molecular flexibility index (Phi) is 4.06. The van der Waals surface area contributed by atoms with E-state index in [4.69, 9.17) is 4.89 Å². The highest BCUT2D eigenvalue weighted by Crippen LogP contribution is 2.22. The zero-order valence-electron chi connectivity index (χ0n) is 8.02. The number of hydrogen-bond donors (Lipinski definition) is 0. The fraction of sp³-hybridized carbons (Fsp3) is 0.500. The van der Waals surface area contributed by atoms with E-state index in [0.29, 0.717) is 16.4 Å². The van der Waals surface area contributed by atoms with E-state index in [-0.39, 0.29) is 6.61 Å². The third-order valence-corrected chi connectivity index (χ3v) is 3.70. The summed E-state index contributed by atoms with van der Waals surface area (Å²) < 4.78 is 22.5. The van der Waals surface area contributed by atoms with Crippen LogP contribution in [0.2, 0.25) is 0 Å². The van der Waals surface area contributed by atoms with Crippen LogP contribution in [0.3, 0.4) is 0 Å². The first-order chi connectivity index (χ1) is 6.55. The van der Waals surface area contributed by atoms with Crippen molar-refractivity contribution < 1.29 is 18.2 Å². The molecule has 1 aromatic rings. The molecule has 0 aliphatic rings. The van der Waals surface area contributed by atoms with Gasteiger partial charge in [-0.2, -0.15) is 0 Å². The van der Waals surface area contributed by atoms with Crippen molar-refractivity contribution in [3.8, 4) is 0 Å². The Morgan fingerprint density at radius 3 is 2.71 bits per heavy atom. The molecule has 4 nitrogen and oxygen atoms in total. The van der Waals surface area contributed by atoms with E-state index in [9.17, 15) is 8.42 Å². The summed E-state index contributed by atoms with van der Waals surface area (Å²) >= 11 is 1.34. The van der Waals surface area contributed by atoms with Crippen LogP contribution in [0.5, 0.6) is 0 Å². The molecular weight excluding hydrogens is 224 g/mol. The highest BCUT2D eigenvalue weighted by molar-refractivity contribution is 7.90. The van der Waals surface area contributed by atoms with Gasteiger partial charge in [0, 0.05) is 6.26 Å². The smallest absolute Gasteiger partial charge is 0.176 e. The Morgan fingerprint density at radius 2 is 2.14 bits per heavy atom. The maximum atomic E-state index is 11.3. The van der Waals surface area contributed by atoms with Crippen molar-refractivity contribution in [1.29, 1.82) is 0 Å². The molecule has 0 N–H and O–H groups in total. The van der Waals surface area contributed by atoms with E-state index >= 15 is 0 Å². The van der Waals surface area contributed by atoms with Crippen LogP contribution in [-0.2, 0) is 26.2 Å². The number of sulfone groups is 1. The molecule has 0 fully saturated rings. The first-order valence-corrected chi connectivity index (χ1v) is 6.83. The van der Waals surface area contributed by atoms with Gasteiger partial charge in [0.05, 0.1) is 16.4 Å². The quantitative estimate of drug-likeness (QED) is 0.443. The summed E-state index contributed by atoms with van der Waals surface area (Å²) in [4.78, 5) is 10.5. The third kappa shape index (κ3) is 3.06. The minimum absolute atomic E-state index is 0.175. The Balaban J connectivity index is 2.74. The molecule has 0 aliphatic carbocycles. The van der Waals surface area contributed by atoms with Crippen molar-refractivity contribution >= 4 is 21.2 Å². The minimum atomic E-state index is -3.15. The van der Waals surface area contributed by atoms with Crippen LogP contribution in [0.25, 0.3) is 0 Å². The lowest BCUT2D eigenvalue weighted by atomic mass is 10.5. The maximum Gasteiger partial charge on any atom is 0.176 e. The van der Waals surface area contributed by atoms with Crippen LogP contribution in [0, 0.1) is 0 Å². The summed E-state index contributed by atoms with van der Waals surface area (Å²) in [6, 6.07) is 1.57. The second kappa shape index (κ2) is 4.88. The molecule has 0 amide bonds. The lowest BCUT2D eigenvalue weighted by Gasteiger charge is -2.01. The fourth-order valence-electron chi connectivity index (χ4n) is 0.943. The van der Waals surface area contributed by atoms with Gasteiger partial charge in [-0.25, -0.2) is 18.2 Å². The van der Waals surface area contributed by atoms with Crippen molar-refractivity contribution in [2.24, 2.45) is 0 Å². The molecule has 0 atom stereocenters. The molecular formula is C8H12O4S2. The molecule has 0 aliphatic heterocycles. The standard InChI is InChI=1S/C8H12O4S2/c1-3-11-12-6-7-8(4-5-13-7)14(2,9)10/h4-5H,3,6H2,1-2H3. The topological polar surface area (TPSA) is 52.6 Å². The molecule has 0 bridgehead atoms. The highest BCUT2D eigenvalue weighted by Gasteiger charge is 2.14. The van der Waals surface area contributed by atoms with Gasteiger partial charge in [-0.3, -0.25) is 0 Å². The molecule has 1 rings (SSSR count). The Morgan fingerprint density at radius 1 is 1.43 bits per heavy atom. The SMILES string of the molecule is CCOOCc1sccc1S(C)(=O)=O. The van der Waals surface area contributed by atoms with Crippen molar-refractivity contribution in [3.05, 3.63) is 16.3 Å². The summed E-state index contributed by atoms with van der Waals surface area (Å²) in [7, 11) is -3.15. The van der Waals surface area contributed by atoms with Gasteiger partial charge in [-0.1, -0.05) is 0 Å².